The van der Waals surface area contributed by atoms with Crippen LogP contribution in [0.25, 0.3) is 0 Å². The Morgan fingerprint density at radius 2 is 2.12 bits per heavy atom. The van der Waals surface area contributed by atoms with Crippen LogP contribution in [-0.2, 0) is 16.0 Å². The van der Waals surface area contributed by atoms with Gasteiger partial charge in [-0.2, -0.15) is 5.26 Å². The van der Waals surface area contributed by atoms with E-state index in [2.05, 4.69) is 4.98 Å². The lowest BCUT2D eigenvalue weighted by molar-refractivity contribution is -0.135. The maximum Gasteiger partial charge on any atom is 0.332 e. The molecule has 0 saturated carbocycles. The standard InChI is InChI=1S/C23H21N5O4/c1-13-6-15(11-25-18(13)10-24)28-22(30)21-19-9-16(27(21)23(28)31)12-26(19)20(29)8-14-4-3-5-17(7-14)32-2/h3-7,11,16,19,21H,8-9,12H2,1-2H3/t16-,19?,21?/m1/s1. The molecule has 3 saturated heterocycles. The molecule has 0 N–H and O–H groups in total. The first-order chi connectivity index (χ1) is 15.4. The number of nitrogens with zero attached hydrogens (tertiary/aromatic N) is 5. The maximum atomic E-state index is 13.3. The Balaban J connectivity index is 1.37. The maximum absolute atomic E-state index is 13.3. The predicted octanol–water partition coefficient (Wildman–Crippen LogP) is 1.63. The average Bonchev–Trinajstić information content (AvgIpc) is 3.45. The number of imide groups is 1. The second kappa shape index (κ2) is 7.34. The number of fused-ring (bicyclic) bond motifs is 5. The number of urea groups is 1. The summed E-state index contributed by atoms with van der Waals surface area (Å²) in [5.41, 5.74) is 2.03. The molecule has 2 bridgehead atoms. The third kappa shape index (κ3) is 2.91. The summed E-state index contributed by atoms with van der Waals surface area (Å²) in [4.78, 5) is 48.0. The number of likely N-dealkylation sites (tertiary alicyclic amines) is 1. The van der Waals surface area contributed by atoms with Crippen molar-refractivity contribution >= 4 is 23.5 Å². The Labute approximate surface area is 184 Å². The summed E-state index contributed by atoms with van der Waals surface area (Å²) < 4.78 is 5.23. The number of anilines is 1. The Morgan fingerprint density at radius 3 is 2.84 bits per heavy atom. The van der Waals surface area contributed by atoms with Crippen LogP contribution >= 0.6 is 0 Å². The minimum atomic E-state index is -0.688. The molecule has 3 fully saturated rings. The van der Waals surface area contributed by atoms with E-state index in [1.165, 1.54) is 6.20 Å². The number of carbonyl (C=O) groups excluding carboxylic acids is 3. The second-order valence-electron chi connectivity index (χ2n) is 8.31. The molecular weight excluding hydrogens is 410 g/mol. The van der Waals surface area contributed by atoms with Gasteiger partial charge in [0.2, 0.25) is 5.91 Å². The van der Waals surface area contributed by atoms with Gasteiger partial charge in [0.15, 0.2) is 0 Å². The van der Waals surface area contributed by atoms with Gasteiger partial charge in [-0.25, -0.2) is 14.7 Å². The highest BCUT2D eigenvalue weighted by Crippen LogP contribution is 2.42. The molecule has 1 aromatic heterocycles. The molecule has 5 rings (SSSR count). The Kier molecular flexibility index (Phi) is 4.59. The summed E-state index contributed by atoms with van der Waals surface area (Å²) in [5, 5.41) is 9.09. The van der Waals surface area contributed by atoms with E-state index in [1.807, 2.05) is 30.3 Å². The van der Waals surface area contributed by atoms with Crippen molar-refractivity contribution in [3.8, 4) is 11.8 Å². The lowest BCUT2D eigenvalue weighted by atomic mass is 10.1. The van der Waals surface area contributed by atoms with Crippen molar-refractivity contribution in [1.29, 1.82) is 5.26 Å². The second-order valence-corrected chi connectivity index (χ2v) is 8.31. The van der Waals surface area contributed by atoms with E-state index in [4.69, 9.17) is 10.00 Å². The zero-order valence-electron chi connectivity index (χ0n) is 17.7. The topological polar surface area (TPSA) is 107 Å². The number of amides is 4. The van der Waals surface area contributed by atoms with Gasteiger partial charge in [0.1, 0.15) is 23.6 Å². The summed E-state index contributed by atoms with van der Waals surface area (Å²) in [6.45, 7) is 2.13. The summed E-state index contributed by atoms with van der Waals surface area (Å²) in [5.74, 6) is 0.259. The van der Waals surface area contributed by atoms with Crippen molar-refractivity contribution in [1.82, 2.24) is 14.8 Å². The van der Waals surface area contributed by atoms with Crippen molar-refractivity contribution in [3.63, 3.8) is 0 Å². The first-order valence-electron chi connectivity index (χ1n) is 10.4. The summed E-state index contributed by atoms with van der Waals surface area (Å²) >= 11 is 0. The Hall–Kier alpha value is -3.93. The molecule has 4 amide bonds. The van der Waals surface area contributed by atoms with Crippen LogP contribution in [0.3, 0.4) is 0 Å². The summed E-state index contributed by atoms with van der Waals surface area (Å²) in [6, 6.07) is 9.35. The number of methoxy groups -OCH3 is 1. The third-order valence-corrected chi connectivity index (χ3v) is 6.50. The molecule has 3 atom stereocenters. The highest BCUT2D eigenvalue weighted by Gasteiger charge is 2.62. The first kappa shape index (κ1) is 20.0. The van der Waals surface area contributed by atoms with Gasteiger partial charge in [0.25, 0.3) is 5.91 Å². The molecule has 3 aliphatic heterocycles. The fourth-order valence-corrected chi connectivity index (χ4v) is 5.04. The minimum Gasteiger partial charge on any atom is -0.497 e. The first-order valence-corrected chi connectivity index (χ1v) is 10.4. The van der Waals surface area contributed by atoms with E-state index >= 15 is 0 Å². The fraction of sp³-hybridized carbons (Fsp3) is 0.348. The van der Waals surface area contributed by atoms with E-state index < -0.39 is 12.1 Å². The molecule has 1 aromatic carbocycles. The van der Waals surface area contributed by atoms with E-state index in [1.54, 1.807) is 29.9 Å². The quantitative estimate of drug-likeness (QED) is 0.681. The number of nitriles is 1. The monoisotopic (exact) mass is 431 g/mol. The van der Waals surface area contributed by atoms with Crippen LogP contribution in [0.4, 0.5) is 10.5 Å². The molecule has 32 heavy (non-hydrogen) atoms. The van der Waals surface area contributed by atoms with Crippen molar-refractivity contribution in [3.05, 3.63) is 53.3 Å². The number of hydrogen-bond donors (Lipinski definition) is 0. The number of carbonyl (C=O) groups is 3. The number of benzene rings is 1. The van der Waals surface area contributed by atoms with Gasteiger partial charge in [0, 0.05) is 6.54 Å². The van der Waals surface area contributed by atoms with E-state index in [9.17, 15) is 14.4 Å². The molecule has 4 heterocycles. The largest absolute Gasteiger partial charge is 0.497 e. The van der Waals surface area contributed by atoms with Gasteiger partial charge in [-0.3, -0.25) is 9.59 Å². The number of ether oxygens (including phenoxy) is 1. The molecule has 2 aromatic rings. The Morgan fingerprint density at radius 1 is 1.31 bits per heavy atom. The normalized spacial score (nSPS) is 23.5. The van der Waals surface area contributed by atoms with Gasteiger partial charge >= 0.3 is 6.03 Å². The van der Waals surface area contributed by atoms with Crippen LogP contribution in [0.5, 0.6) is 5.75 Å². The smallest absolute Gasteiger partial charge is 0.332 e. The molecule has 9 heteroatoms. The molecule has 0 radical (unpaired) electrons. The number of piperazine rings is 1. The van der Waals surface area contributed by atoms with E-state index in [0.29, 0.717) is 30.0 Å². The zero-order valence-corrected chi connectivity index (χ0v) is 17.7. The molecule has 2 unspecified atom stereocenters. The van der Waals surface area contributed by atoms with Crippen LogP contribution in [0.15, 0.2) is 36.5 Å². The van der Waals surface area contributed by atoms with Crippen LogP contribution in [0, 0.1) is 18.3 Å². The van der Waals surface area contributed by atoms with Gasteiger partial charge in [-0.05, 0) is 42.7 Å². The lowest BCUT2D eigenvalue weighted by Crippen LogP contribution is -2.55. The van der Waals surface area contributed by atoms with Crippen molar-refractivity contribution in [2.45, 2.75) is 37.9 Å². The molecule has 162 valence electrons. The van der Waals surface area contributed by atoms with E-state index in [0.717, 1.165) is 10.5 Å². The van der Waals surface area contributed by atoms with Gasteiger partial charge in [-0.15, -0.1) is 0 Å². The fourth-order valence-electron chi connectivity index (χ4n) is 5.04. The number of hydrogen-bond acceptors (Lipinski definition) is 6. The van der Waals surface area contributed by atoms with Crippen LogP contribution in [0.1, 0.15) is 23.2 Å². The Bertz CT molecular complexity index is 1190. The molecule has 0 spiro atoms. The molecule has 9 nitrogen and oxygen atoms in total. The third-order valence-electron chi connectivity index (χ3n) is 6.50. The van der Waals surface area contributed by atoms with Crippen molar-refractivity contribution in [2.75, 3.05) is 18.6 Å². The number of aryl methyl sites for hydroxylation is 1. The summed E-state index contributed by atoms with van der Waals surface area (Å²) in [6.07, 6.45) is 2.18. The van der Waals surface area contributed by atoms with Gasteiger partial charge in [-0.1, -0.05) is 12.1 Å². The van der Waals surface area contributed by atoms with Gasteiger partial charge in [0.05, 0.1) is 37.5 Å². The summed E-state index contributed by atoms with van der Waals surface area (Å²) in [7, 11) is 1.58. The molecular formula is C23H21N5O4. The predicted molar refractivity (Wildman–Crippen MR) is 113 cm³/mol. The van der Waals surface area contributed by atoms with Crippen LogP contribution in [0.2, 0.25) is 0 Å². The highest BCUT2D eigenvalue weighted by molar-refractivity contribution is 6.22. The van der Waals surface area contributed by atoms with Crippen molar-refractivity contribution < 1.29 is 19.1 Å². The molecule has 3 aliphatic rings. The molecule has 0 aliphatic carbocycles. The SMILES string of the molecule is COc1cccc(CC(=O)N2C[C@H]3CC2C2C(=O)N(c4cnc(C#N)c(C)c4)C(=O)N23)c1. The number of rotatable bonds is 4. The highest BCUT2D eigenvalue weighted by atomic mass is 16.5. The zero-order chi connectivity index (χ0) is 22.6. The van der Waals surface area contributed by atoms with Crippen LogP contribution in [-0.4, -0.2) is 64.4 Å². The average molecular weight is 431 g/mol. The number of aromatic nitrogens is 1. The number of pyridine rings is 1. The van der Waals surface area contributed by atoms with Crippen molar-refractivity contribution in [2.24, 2.45) is 0 Å². The van der Waals surface area contributed by atoms with Gasteiger partial charge < -0.3 is 14.5 Å². The minimum absolute atomic E-state index is 0.0695. The van der Waals surface area contributed by atoms with Crippen LogP contribution < -0.4 is 9.64 Å². The lowest BCUT2D eigenvalue weighted by Gasteiger charge is -2.35. The van der Waals surface area contributed by atoms with E-state index in [-0.39, 0.29) is 36.0 Å².